The van der Waals surface area contributed by atoms with Crippen LogP contribution in [0.4, 0.5) is 11.4 Å². The molecule has 1 amide bonds. The van der Waals surface area contributed by atoms with Crippen LogP contribution < -0.4 is 10.6 Å². The van der Waals surface area contributed by atoms with Crippen LogP contribution in [0.5, 0.6) is 0 Å². The molecule has 0 saturated heterocycles. The molecule has 2 N–H and O–H groups in total. The molecule has 0 heterocycles. The van der Waals surface area contributed by atoms with Gasteiger partial charge in [0.15, 0.2) is 0 Å². The van der Waals surface area contributed by atoms with E-state index in [1.54, 1.807) is 0 Å². The summed E-state index contributed by atoms with van der Waals surface area (Å²) in [4.78, 5) is 23.1. The second-order valence-electron chi connectivity index (χ2n) is 7.58. The number of benzene rings is 1. The number of anilines is 1. The Labute approximate surface area is 143 Å². The minimum Gasteiger partial charge on any atom is -0.384 e. The maximum absolute atomic E-state index is 12.5. The Bertz CT molecular complexity index is 602. The van der Waals surface area contributed by atoms with Crippen molar-refractivity contribution in [2.24, 2.45) is 5.92 Å². The zero-order chi connectivity index (χ0) is 17.7. The zero-order valence-corrected chi connectivity index (χ0v) is 14.7. The largest absolute Gasteiger partial charge is 0.384 e. The van der Waals surface area contributed by atoms with E-state index in [1.165, 1.54) is 50.3 Å². The molecule has 1 aromatic rings. The van der Waals surface area contributed by atoms with Crippen LogP contribution in [-0.4, -0.2) is 22.9 Å². The maximum Gasteiger partial charge on any atom is 0.271 e. The van der Waals surface area contributed by atoms with Gasteiger partial charge in [0.2, 0.25) is 0 Å². The summed E-state index contributed by atoms with van der Waals surface area (Å²) < 4.78 is 0. The van der Waals surface area contributed by atoms with Gasteiger partial charge in [0, 0.05) is 24.2 Å². The van der Waals surface area contributed by atoms with Crippen molar-refractivity contribution < 1.29 is 9.72 Å². The van der Waals surface area contributed by atoms with Crippen LogP contribution in [0.1, 0.15) is 63.2 Å². The van der Waals surface area contributed by atoms with Gasteiger partial charge in [0.1, 0.15) is 0 Å². The fourth-order valence-electron chi connectivity index (χ4n) is 3.04. The van der Waals surface area contributed by atoms with Crippen LogP contribution in [0, 0.1) is 16.0 Å². The summed E-state index contributed by atoms with van der Waals surface area (Å²) in [5, 5.41) is 17.2. The molecule has 0 spiro atoms. The van der Waals surface area contributed by atoms with Crippen molar-refractivity contribution in [3.63, 3.8) is 0 Å². The van der Waals surface area contributed by atoms with Crippen molar-refractivity contribution in [2.45, 2.75) is 58.4 Å². The molecule has 0 aromatic heterocycles. The van der Waals surface area contributed by atoms with E-state index in [0.29, 0.717) is 17.2 Å². The lowest BCUT2D eigenvalue weighted by Gasteiger charge is -2.24. The molecule has 1 aliphatic carbocycles. The first kappa shape index (κ1) is 18.2. The SMILES string of the molecule is CC(C)(C)NC(=O)c1ccc([N+](=O)[O-])cc1NCC1CCCCC1. The second-order valence-corrected chi connectivity index (χ2v) is 7.58. The van der Waals surface area contributed by atoms with Gasteiger partial charge >= 0.3 is 0 Å². The van der Waals surface area contributed by atoms with Gasteiger partial charge in [-0.05, 0) is 45.6 Å². The van der Waals surface area contributed by atoms with E-state index in [1.807, 2.05) is 20.8 Å². The maximum atomic E-state index is 12.5. The number of nitrogens with zero attached hydrogens (tertiary/aromatic N) is 1. The van der Waals surface area contributed by atoms with Gasteiger partial charge < -0.3 is 10.6 Å². The molecule has 6 heteroatoms. The molecule has 1 aliphatic rings. The lowest BCUT2D eigenvalue weighted by atomic mass is 9.89. The highest BCUT2D eigenvalue weighted by Crippen LogP contribution is 2.27. The number of rotatable bonds is 5. The van der Waals surface area contributed by atoms with Gasteiger partial charge in [-0.15, -0.1) is 0 Å². The van der Waals surface area contributed by atoms with Crippen LogP contribution in [0.2, 0.25) is 0 Å². The minimum atomic E-state index is -0.433. The lowest BCUT2D eigenvalue weighted by Crippen LogP contribution is -2.40. The van der Waals surface area contributed by atoms with Crippen molar-refractivity contribution in [3.05, 3.63) is 33.9 Å². The Balaban J connectivity index is 2.18. The summed E-state index contributed by atoms with van der Waals surface area (Å²) in [5.41, 5.74) is 0.621. The molecule has 2 rings (SSSR count). The number of non-ortho nitro benzene ring substituents is 1. The number of nitro benzene ring substituents is 1. The third-order valence-corrected chi connectivity index (χ3v) is 4.25. The number of carbonyl (C=O) groups is 1. The third kappa shape index (κ3) is 5.22. The van der Waals surface area contributed by atoms with Crippen LogP contribution in [0.15, 0.2) is 18.2 Å². The first-order valence-corrected chi connectivity index (χ1v) is 8.61. The summed E-state index contributed by atoms with van der Waals surface area (Å²) in [5.74, 6) is 0.347. The molecule has 0 aliphatic heterocycles. The number of nitro groups is 1. The summed E-state index contributed by atoms with van der Waals surface area (Å²) in [6, 6.07) is 4.37. The highest BCUT2D eigenvalue weighted by atomic mass is 16.6. The fourth-order valence-corrected chi connectivity index (χ4v) is 3.04. The van der Waals surface area contributed by atoms with E-state index in [4.69, 9.17) is 0 Å². The Kier molecular flexibility index (Phi) is 5.80. The zero-order valence-electron chi connectivity index (χ0n) is 14.7. The van der Waals surface area contributed by atoms with Crippen molar-refractivity contribution in [1.82, 2.24) is 5.32 Å². The Morgan fingerprint density at radius 3 is 2.50 bits per heavy atom. The summed E-state index contributed by atoms with van der Waals surface area (Å²) >= 11 is 0. The predicted molar refractivity (Wildman–Crippen MR) is 95.4 cm³/mol. The molecule has 1 fully saturated rings. The molecule has 24 heavy (non-hydrogen) atoms. The van der Waals surface area contributed by atoms with E-state index in [-0.39, 0.29) is 17.1 Å². The molecule has 0 atom stereocenters. The van der Waals surface area contributed by atoms with Gasteiger partial charge in [-0.2, -0.15) is 0 Å². The van der Waals surface area contributed by atoms with Crippen molar-refractivity contribution in [1.29, 1.82) is 0 Å². The summed E-state index contributed by atoms with van der Waals surface area (Å²) in [6.07, 6.45) is 6.10. The van der Waals surface area contributed by atoms with Gasteiger partial charge in [-0.3, -0.25) is 14.9 Å². The molecule has 0 unspecified atom stereocenters. The number of hydrogen-bond donors (Lipinski definition) is 2. The first-order valence-electron chi connectivity index (χ1n) is 8.61. The average molecular weight is 333 g/mol. The molecular weight excluding hydrogens is 306 g/mol. The molecule has 132 valence electrons. The number of nitrogens with one attached hydrogen (secondary N) is 2. The number of carbonyl (C=O) groups excluding carboxylic acids is 1. The van der Waals surface area contributed by atoms with Crippen LogP contribution >= 0.6 is 0 Å². The Morgan fingerprint density at radius 1 is 1.25 bits per heavy atom. The highest BCUT2D eigenvalue weighted by molar-refractivity contribution is 6.00. The summed E-state index contributed by atoms with van der Waals surface area (Å²) in [7, 11) is 0. The predicted octanol–water partition coefficient (Wildman–Crippen LogP) is 4.12. The molecule has 1 saturated carbocycles. The quantitative estimate of drug-likeness (QED) is 0.627. The van der Waals surface area contributed by atoms with Gasteiger partial charge in [-0.25, -0.2) is 0 Å². The third-order valence-electron chi connectivity index (χ3n) is 4.25. The monoisotopic (exact) mass is 333 g/mol. The van der Waals surface area contributed by atoms with Gasteiger partial charge in [0.25, 0.3) is 11.6 Å². The Hall–Kier alpha value is -2.11. The minimum absolute atomic E-state index is 0.00606. The second kappa shape index (κ2) is 7.64. The molecule has 1 aromatic carbocycles. The lowest BCUT2D eigenvalue weighted by molar-refractivity contribution is -0.384. The van der Waals surface area contributed by atoms with Gasteiger partial charge in [0.05, 0.1) is 16.2 Å². The Morgan fingerprint density at radius 2 is 1.92 bits per heavy atom. The van der Waals surface area contributed by atoms with Gasteiger partial charge in [-0.1, -0.05) is 19.3 Å². The topological polar surface area (TPSA) is 84.3 Å². The standard InChI is InChI=1S/C18H27N3O3/c1-18(2,3)20-17(22)15-10-9-14(21(23)24)11-16(15)19-12-13-7-5-4-6-8-13/h9-11,13,19H,4-8,12H2,1-3H3,(H,20,22). The highest BCUT2D eigenvalue weighted by Gasteiger charge is 2.21. The normalized spacial score (nSPS) is 15.8. The molecule has 6 nitrogen and oxygen atoms in total. The first-order chi connectivity index (χ1) is 11.3. The smallest absolute Gasteiger partial charge is 0.271 e. The molecular formula is C18H27N3O3. The van der Waals surface area contributed by atoms with Crippen molar-refractivity contribution in [3.8, 4) is 0 Å². The van der Waals surface area contributed by atoms with Crippen molar-refractivity contribution >= 4 is 17.3 Å². The number of hydrogen-bond acceptors (Lipinski definition) is 4. The fraction of sp³-hybridized carbons (Fsp3) is 0.611. The molecule has 0 radical (unpaired) electrons. The van der Waals surface area contributed by atoms with Crippen molar-refractivity contribution in [2.75, 3.05) is 11.9 Å². The molecule has 0 bridgehead atoms. The van der Waals surface area contributed by atoms with E-state index < -0.39 is 4.92 Å². The van der Waals surface area contributed by atoms with Crippen LogP contribution in [0.3, 0.4) is 0 Å². The summed E-state index contributed by atoms with van der Waals surface area (Å²) in [6.45, 7) is 6.47. The van der Waals surface area contributed by atoms with E-state index in [2.05, 4.69) is 10.6 Å². The van der Waals surface area contributed by atoms with E-state index in [9.17, 15) is 14.9 Å². The van der Waals surface area contributed by atoms with E-state index in [0.717, 1.165) is 6.54 Å². The van der Waals surface area contributed by atoms with Crippen LogP contribution in [-0.2, 0) is 0 Å². The number of amides is 1. The van der Waals surface area contributed by atoms with Crippen LogP contribution in [0.25, 0.3) is 0 Å². The van der Waals surface area contributed by atoms with E-state index >= 15 is 0 Å². The average Bonchev–Trinajstić information content (AvgIpc) is 2.52.